The fraction of sp³-hybridized carbons (Fsp3) is 0.409. The predicted octanol–water partition coefficient (Wildman–Crippen LogP) is 3.76. The van der Waals surface area contributed by atoms with Crippen molar-refractivity contribution in [1.29, 1.82) is 0 Å². The number of amides is 2. The average Bonchev–Trinajstić information content (AvgIpc) is 3.26. The summed E-state index contributed by atoms with van der Waals surface area (Å²) in [5.74, 6) is 1.11. The first-order valence-electron chi connectivity index (χ1n) is 10.2. The van der Waals surface area contributed by atoms with Crippen molar-refractivity contribution in [1.82, 2.24) is 19.7 Å². The van der Waals surface area contributed by atoms with Gasteiger partial charge in [-0.1, -0.05) is 32.9 Å². The molecule has 2 heterocycles. The van der Waals surface area contributed by atoms with Crippen LogP contribution in [0.3, 0.4) is 0 Å². The van der Waals surface area contributed by atoms with Gasteiger partial charge < -0.3 is 15.1 Å². The van der Waals surface area contributed by atoms with Crippen LogP contribution in [0.25, 0.3) is 11.6 Å². The van der Waals surface area contributed by atoms with Crippen LogP contribution < -0.4 is 16.3 Å². The zero-order valence-electron chi connectivity index (χ0n) is 17.5. The molecule has 0 radical (unpaired) electrons. The summed E-state index contributed by atoms with van der Waals surface area (Å²) in [6.07, 6.45) is 3.50. The number of rotatable bonds is 6. The van der Waals surface area contributed by atoms with E-state index in [0.717, 1.165) is 18.5 Å². The Bertz CT molecular complexity index is 1070. The van der Waals surface area contributed by atoms with Gasteiger partial charge in [0.15, 0.2) is 5.76 Å². The fourth-order valence-corrected chi connectivity index (χ4v) is 3.31. The van der Waals surface area contributed by atoms with Crippen molar-refractivity contribution in [3.05, 3.63) is 58.7 Å². The third-order valence-electron chi connectivity index (χ3n) is 5.14. The van der Waals surface area contributed by atoms with Crippen LogP contribution in [0.2, 0.25) is 0 Å². The van der Waals surface area contributed by atoms with Gasteiger partial charge in [-0.05, 0) is 48.1 Å². The highest BCUT2D eigenvalue weighted by Gasteiger charge is 2.31. The zero-order chi connectivity index (χ0) is 21.3. The largest absolute Gasteiger partial charge is 0.461 e. The lowest BCUT2D eigenvalue weighted by atomic mass is 9.87. The maximum Gasteiger partial charge on any atom is 0.346 e. The highest BCUT2D eigenvalue weighted by atomic mass is 16.3. The molecular weight excluding hydrogens is 382 g/mol. The molecule has 0 spiro atoms. The second kappa shape index (κ2) is 7.85. The molecule has 1 aromatic carbocycles. The quantitative estimate of drug-likeness (QED) is 0.648. The third-order valence-corrected chi connectivity index (χ3v) is 5.14. The first-order valence-corrected chi connectivity index (χ1v) is 10.2. The molecule has 1 saturated carbocycles. The minimum atomic E-state index is -0.320. The molecule has 0 saturated heterocycles. The number of furan rings is 1. The molecule has 8 nitrogen and oxygen atoms in total. The minimum Gasteiger partial charge on any atom is -0.461 e. The average molecular weight is 409 g/mol. The number of urea groups is 1. The van der Waals surface area contributed by atoms with Crippen LogP contribution in [-0.4, -0.2) is 26.9 Å². The van der Waals surface area contributed by atoms with Crippen molar-refractivity contribution in [3.8, 4) is 11.6 Å². The van der Waals surface area contributed by atoms with E-state index in [-0.39, 0.29) is 36.3 Å². The molecule has 8 heteroatoms. The highest BCUT2D eigenvalue weighted by Crippen LogP contribution is 2.36. The minimum absolute atomic E-state index is 0.0619. The molecule has 2 N–H and O–H groups in total. The summed E-state index contributed by atoms with van der Waals surface area (Å²) in [6.45, 7) is 7.00. The summed E-state index contributed by atoms with van der Waals surface area (Å²) in [4.78, 5) is 24.9. The van der Waals surface area contributed by atoms with E-state index in [1.54, 1.807) is 23.0 Å². The van der Waals surface area contributed by atoms with Crippen LogP contribution in [0.4, 0.5) is 10.5 Å². The van der Waals surface area contributed by atoms with E-state index in [2.05, 4.69) is 36.5 Å². The number of hydrogen-bond acceptors (Lipinski definition) is 4. The molecule has 4 rings (SSSR count). The molecule has 2 amide bonds. The summed E-state index contributed by atoms with van der Waals surface area (Å²) in [5.41, 5.74) is 1.80. The van der Waals surface area contributed by atoms with Crippen molar-refractivity contribution in [2.24, 2.45) is 0 Å². The van der Waals surface area contributed by atoms with Gasteiger partial charge in [-0.25, -0.2) is 14.3 Å². The molecule has 1 aliphatic rings. The Morgan fingerprint density at radius 3 is 2.53 bits per heavy atom. The summed E-state index contributed by atoms with van der Waals surface area (Å²) in [6, 6.07) is 11.2. The summed E-state index contributed by atoms with van der Waals surface area (Å²) < 4.78 is 8.50. The van der Waals surface area contributed by atoms with Crippen LogP contribution in [0.1, 0.15) is 45.2 Å². The Morgan fingerprint density at radius 1 is 1.20 bits per heavy atom. The number of anilines is 1. The van der Waals surface area contributed by atoms with Crippen LogP contribution in [0.5, 0.6) is 0 Å². The molecule has 0 unspecified atom stereocenters. The number of hydrogen-bond donors (Lipinski definition) is 2. The Balaban J connectivity index is 1.36. The van der Waals surface area contributed by atoms with Gasteiger partial charge in [0.05, 0.1) is 12.8 Å². The smallest absolute Gasteiger partial charge is 0.346 e. The lowest BCUT2D eigenvalue weighted by Crippen LogP contribution is -2.34. The van der Waals surface area contributed by atoms with Crippen molar-refractivity contribution >= 4 is 11.7 Å². The van der Waals surface area contributed by atoms with E-state index in [0.29, 0.717) is 11.6 Å². The van der Waals surface area contributed by atoms with Crippen molar-refractivity contribution in [2.75, 3.05) is 11.9 Å². The van der Waals surface area contributed by atoms with Gasteiger partial charge in [-0.2, -0.15) is 0 Å². The Hall–Kier alpha value is -3.29. The van der Waals surface area contributed by atoms with Crippen LogP contribution in [-0.2, 0) is 12.0 Å². The van der Waals surface area contributed by atoms with E-state index >= 15 is 0 Å². The lowest BCUT2D eigenvalue weighted by Gasteiger charge is -2.19. The van der Waals surface area contributed by atoms with Crippen LogP contribution >= 0.6 is 0 Å². The SMILES string of the molecule is CC(C)(C)c1ccc(NC(=O)NCCn2nc(-c3ccco3)n(C3CC3)c2=O)cc1. The molecule has 0 atom stereocenters. The molecule has 158 valence electrons. The second-order valence-electron chi connectivity index (χ2n) is 8.62. The number of benzene rings is 1. The van der Waals surface area contributed by atoms with E-state index in [1.165, 1.54) is 10.2 Å². The molecule has 2 aromatic heterocycles. The standard InChI is InChI=1S/C22H27N5O3/c1-22(2,3)15-6-8-16(9-7-15)24-20(28)23-12-13-26-21(29)27(17-10-11-17)19(25-26)18-5-4-14-30-18/h4-9,14,17H,10-13H2,1-3H3,(H2,23,24,28). The number of nitrogens with one attached hydrogen (secondary N) is 2. The van der Waals surface area contributed by atoms with Gasteiger partial charge >= 0.3 is 11.7 Å². The Kier molecular flexibility index (Phi) is 5.24. The lowest BCUT2D eigenvalue weighted by molar-refractivity contribution is 0.251. The maximum absolute atomic E-state index is 12.7. The molecule has 3 aromatic rings. The van der Waals surface area contributed by atoms with Crippen LogP contribution in [0.15, 0.2) is 51.9 Å². The number of aromatic nitrogens is 3. The molecule has 1 fully saturated rings. The number of nitrogens with zero attached hydrogens (tertiary/aromatic N) is 3. The summed E-state index contributed by atoms with van der Waals surface area (Å²) in [7, 11) is 0. The molecule has 0 aliphatic heterocycles. The van der Waals surface area contributed by atoms with E-state index in [1.807, 2.05) is 24.3 Å². The number of carbonyl (C=O) groups is 1. The first-order chi connectivity index (χ1) is 14.3. The van der Waals surface area contributed by atoms with Crippen LogP contribution in [0, 0.1) is 0 Å². The Labute approximate surface area is 174 Å². The van der Waals surface area contributed by atoms with E-state index in [9.17, 15) is 9.59 Å². The zero-order valence-corrected chi connectivity index (χ0v) is 17.5. The maximum atomic E-state index is 12.7. The van der Waals surface area contributed by atoms with Crippen molar-refractivity contribution < 1.29 is 9.21 Å². The molecule has 0 bridgehead atoms. The van der Waals surface area contributed by atoms with Gasteiger partial charge in [0, 0.05) is 18.3 Å². The molecular formula is C22H27N5O3. The van der Waals surface area contributed by atoms with Crippen molar-refractivity contribution in [2.45, 2.75) is 51.6 Å². The van der Waals surface area contributed by atoms with Gasteiger partial charge in [-0.15, -0.1) is 5.10 Å². The monoisotopic (exact) mass is 409 g/mol. The van der Waals surface area contributed by atoms with E-state index in [4.69, 9.17) is 4.42 Å². The Morgan fingerprint density at radius 2 is 1.93 bits per heavy atom. The summed E-state index contributed by atoms with van der Waals surface area (Å²) >= 11 is 0. The molecule has 1 aliphatic carbocycles. The van der Waals surface area contributed by atoms with Crippen molar-refractivity contribution in [3.63, 3.8) is 0 Å². The van der Waals surface area contributed by atoms with Gasteiger partial charge in [0.25, 0.3) is 0 Å². The fourth-order valence-electron chi connectivity index (χ4n) is 3.31. The van der Waals surface area contributed by atoms with Gasteiger partial charge in [0.2, 0.25) is 5.82 Å². The second-order valence-corrected chi connectivity index (χ2v) is 8.62. The predicted molar refractivity (Wildman–Crippen MR) is 115 cm³/mol. The van der Waals surface area contributed by atoms with Gasteiger partial charge in [0.1, 0.15) is 0 Å². The topological polar surface area (TPSA) is 94.1 Å². The first kappa shape index (κ1) is 20.0. The highest BCUT2D eigenvalue weighted by molar-refractivity contribution is 5.89. The third kappa shape index (κ3) is 4.32. The normalized spacial score (nSPS) is 14.0. The molecule has 30 heavy (non-hydrogen) atoms. The van der Waals surface area contributed by atoms with E-state index < -0.39 is 0 Å². The number of carbonyl (C=O) groups excluding carboxylic acids is 1. The van der Waals surface area contributed by atoms with Gasteiger partial charge in [-0.3, -0.25) is 4.57 Å². The summed E-state index contributed by atoms with van der Waals surface area (Å²) in [5, 5.41) is 10.0.